The fourth-order valence-corrected chi connectivity index (χ4v) is 4.15. The highest BCUT2D eigenvalue weighted by Crippen LogP contribution is 2.29. The summed E-state index contributed by atoms with van der Waals surface area (Å²) in [5.41, 5.74) is 1.88. The van der Waals surface area contributed by atoms with E-state index in [1.165, 1.54) is 23.1 Å². The van der Waals surface area contributed by atoms with Gasteiger partial charge >= 0.3 is 0 Å². The number of aromatic nitrogens is 2. The number of thioether (sulfide) groups is 1. The van der Waals surface area contributed by atoms with Gasteiger partial charge in [-0.15, -0.1) is 16.8 Å². The number of amides is 2. The maximum Gasteiger partial charge on any atom is 0.231 e. The average Bonchev–Trinajstić information content (AvgIpc) is 3.20. The van der Waals surface area contributed by atoms with E-state index in [1.54, 1.807) is 11.0 Å². The van der Waals surface area contributed by atoms with Crippen LogP contribution in [0.4, 0.5) is 10.8 Å². The van der Waals surface area contributed by atoms with Crippen molar-refractivity contribution in [2.45, 2.75) is 17.7 Å². The second kappa shape index (κ2) is 7.79. The Bertz CT molecular complexity index is 805. The Labute approximate surface area is 154 Å². The van der Waals surface area contributed by atoms with E-state index in [1.807, 2.05) is 31.2 Å². The lowest BCUT2D eigenvalue weighted by Crippen LogP contribution is -2.28. The maximum atomic E-state index is 12.5. The molecule has 2 aromatic rings. The van der Waals surface area contributed by atoms with E-state index in [0.29, 0.717) is 11.7 Å². The fraction of sp³-hybridized carbons (Fsp3) is 0.294. The highest BCUT2D eigenvalue weighted by molar-refractivity contribution is 8.01. The minimum atomic E-state index is -0.389. The number of nitrogens with zero attached hydrogens (tertiary/aromatic N) is 3. The number of hydrogen-bond acceptors (Lipinski definition) is 6. The molecule has 8 heteroatoms. The molecule has 0 unspecified atom stereocenters. The van der Waals surface area contributed by atoms with Crippen LogP contribution in [-0.2, 0) is 9.59 Å². The molecule has 25 heavy (non-hydrogen) atoms. The highest BCUT2D eigenvalue weighted by atomic mass is 32.2. The van der Waals surface area contributed by atoms with Crippen molar-refractivity contribution in [1.82, 2.24) is 10.2 Å². The van der Waals surface area contributed by atoms with E-state index < -0.39 is 0 Å². The summed E-state index contributed by atoms with van der Waals surface area (Å²) < 4.78 is 0.777. The number of carbonyl (C=O) groups excluding carboxylic acids is 2. The molecule has 0 saturated carbocycles. The molecule has 0 aliphatic carbocycles. The second-order valence-electron chi connectivity index (χ2n) is 5.65. The Morgan fingerprint density at radius 1 is 1.48 bits per heavy atom. The predicted molar refractivity (Wildman–Crippen MR) is 101 cm³/mol. The molecule has 1 N–H and O–H groups in total. The quantitative estimate of drug-likeness (QED) is 0.478. The first kappa shape index (κ1) is 17.6. The van der Waals surface area contributed by atoms with Crippen molar-refractivity contribution >= 4 is 45.7 Å². The predicted octanol–water partition coefficient (Wildman–Crippen LogP) is 3.12. The lowest BCUT2D eigenvalue weighted by atomic mass is 10.1. The minimum Gasteiger partial charge on any atom is -0.311 e. The van der Waals surface area contributed by atoms with Gasteiger partial charge in [-0.1, -0.05) is 47.4 Å². The molecule has 6 nitrogen and oxygen atoms in total. The number of rotatable bonds is 6. The van der Waals surface area contributed by atoms with Crippen LogP contribution in [0.3, 0.4) is 0 Å². The monoisotopic (exact) mass is 374 g/mol. The summed E-state index contributed by atoms with van der Waals surface area (Å²) in [5, 5.41) is 11.2. The number of anilines is 2. The van der Waals surface area contributed by atoms with Gasteiger partial charge in [0, 0.05) is 24.4 Å². The van der Waals surface area contributed by atoms with E-state index in [0.717, 1.165) is 21.3 Å². The first-order valence-electron chi connectivity index (χ1n) is 7.82. The van der Waals surface area contributed by atoms with E-state index in [-0.39, 0.29) is 24.2 Å². The lowest BCUT2D eigenvalue weighted by Gasteiger charge is -2.18. The van der Waals surface area contributed by atoms with Gasteiger partial charge in [-0.25, -0.2) is 0 Å². The van der Waals surface area contributed by atoms with E-state index in [4.69, 9.17) is 0 Å². The molecule has 1 fully saturated rings. The molecular weight excluding hydrogens is 356 g/mol. The number of aryl methyl sites for hydroxylation is 1. The molecule has 0 radical (unpaired) electrons. The van der Waals surface area contributed by atoms with Crippen molar-refractivity contribution < 1.29 is 9.59 Å². The Kier molecular flexibility index (Phi) is 5.50. The Morgan fingerprint density at radius 2 is 2.28 bits per heavy atom. The van der Waals surface area contributed by atoms with Crippen LogP contribution in [0.5, 0.6) is 0 Å². The smallest absolute Gasteiger partial charge is 0.231 e. The van der Waals surface area contributed by atoms with E-state index in [9.17, 15) is 9.59 Å². The summed E-state index contributed by atoms with van der Waals surface area (Å²) in [7, 11) is 0. The summed E-state index contributed by atoms with van der Waals surface area (Å²) in [6.07, 6.45) is 1.99. The number of hydrogen-bond donors (Lipinski definition) is 1. The molecule has 130 valence electrons. The van der Waals surface area contributed by atoms with Gasteiger partial charge in [0.05, 0.1) is 5.92 Å². The van der Waals surface area contributed by atoms with Gasteiger partial charge in [0.1, 0.15) is 0 Å². The first-order chi connectivity index (χ1) is 12.1. The van der Waals surface area contributed by atoms with Crippen LogP contribution in [0.15, 0.2) is 41.3 Å². The topological polar surface area (TPSA) is 75.2 Å². The molecule has 0 spiro atoms. The standard InChI is InChI=1S/C17H18N4O2S2/c1-3-8-24-17-20-19-16(25-17)18-15(23)12-9-14(22)21(10-12)13-7-5-4-6-11(13)2/h3-7,12H,1,8-10H2,2H3,(H,18,19,23)/t12-/m1/s1. The normalized spacial score (nSPS) is 16.9. The second-order valence-corrected chi connectivity index (χ2v) is 7.90. The van der Waals surface area contributed by atoms with Gasteiger partial charge in [-0.2, -0.15) is 0 Å². The van der Waals surface area contributed by atoms with Gasteiger partial charge < -0.3 is 10.2 Å². The summed E-state index contributed by atoms with van der Waals surface area (Å²) in [6.45, 7) is 6.00. The van der Waals surface area contributed by atoms with Crippen LogP contribution in [-0.4, -0.2) is 34.3 Å². The molecule has 2 amide bonds. The van der Waals surface area contributed by atoms with Crippen LogP contribution < -0.4 is 10.2 Å². The SMILES string of the molecule is C=CCSc1nnc(NC(=O)[C@@H]2CC(=O)N(c3ccccc3C)C2)s1. The van der Waals surface area contributed by atoms with Crippen LogP contribution in [0, 0.1) is 12.8 Å². The van der Waals surface area contributed by atoms with Gasteiger partial charge in [0.25, 0.3) is 0 Å². The van der Waals surface area contributed by atoms with Crippen LogP contribution >= 0.6 is 23.1 Å². The van der Waals surface area contributed by atoms with E-state index in [2.05, 4.69) is 22.1 Å². The first-order valence-corrected chi connectivity index (χ1v) is 9.62. The van der Waals surface area contributed by atoms with Crippen molar-refractivity contribution in [3.63, 3.8) is 0 Å². The van der Waals surface area contributed by atoms with Gasteiger partial charge in [-0.05, 0) is 18.6 Å². The number of benzene rings is 1. The van der Waals surface area contributed by atoms with Crippen molar-refractivity contribution in [1.29, 1.82) is 0 Å². The van der Waals surface area contributed by atoms with Crippen LogP contribution in [0.1, 0.15) is 12.0 Å². The summed E-state index contributed by atoms with van der Waals surface area (Å²) in [6, 6.07) is 7.69. The van der Waals surface area contributed by atoms with Crippen molar-refractivity contribution in [2.75, 3.05) is 22.5 Å². The molecular formula is C17H18N4O2S2. The molecule has 1 aromatic heterocycles. The molecule has 1 aromatic carbocycles. The Morgan fingerprint density at radius 3 is 3.04 bits per heavy atom. The van der Waals surface area contributed by atoms with Gasteiger partial charge in [-0.3, -0.25) is 9.59 Å². The Hall–Kier alpha value is -2.19. The summed E-state index contributed by atoms with van der Waals surface area (Å²) in [4.78, 5) is 26.5. The molecule has 1 aliphatic rings. The highest BCUT2D eigenvalue weighted by Gasteiger charge is 2.35. The number of nitrogens with one attached hydrogen (secondary N) is 1. The minimum absolute atomic E-state index is 0.0334. The third-order valence-electron chi connectivity index (χ3n) is 3.86. The summed E-state index contributed by atoms with van der Waals surface area (Å²) >= 11 is 2.84. The fourth-order valence-electron chi connectivity index (χ4n) is 2.64. The molecule has 3 rings (SSSR count). The average molecular weight is 374 g/mol. The zero-order valence-electron chi connectivity index (χ0n) is 13.8. The molecule has 0 bridgehead atoms. The van der Waals surface area contributed by atoms with E-state index >= 15 is 0 Å². The largest absolute Gasteiger partial charge is 0.311 e. The maximum absolute atomic E-state index is 12.5. The van der Waals surface area contributed by atoms with Crippen molar-refractivity contribution in [3.8, 4) is 0 Å². The third kappa shape index (κ3) is 4.08. The van der Waals surface area contributed by atoms with Crippen molar-refractivity contribution in [2.24, 2.45) is 5.92 Å². The summed E-state index contributed by atoms with van der Waals surface area (Å²) in [5.74, 6) is 0.125. The molecule has 1 atom stereocenters. The van der Waals surface area contributed by atoms with Gasteiger partial charge in [0.2, 0.25) is 16.9 Å². The van der Waals surface area contributed by atoms with Crippen LogP contribution in [0.25, 0.3) is 0 Å². The number of para-hydroxylation sites is 1. The molecule has 1 aliphatic heterocycles. The lowest BCUT2D eigenvalue weighted by molar-refractivity contribution is -0.122. The zero-order chi connectivity index (χ0) is 17.8. The van der Waals surface area contributed by atoms with Gasteiger partial charge in [0.15, 0.2) is 4.34 Å². The Balaban J connectivity index is 1.64. The number of carbonyl (C=O) groups is 2. The van der Waals surface area contributed by atoms with Crippen molar-refractivity contribution in [3.05, 3.63) is 42.5 Å². The molecule has 1 saturated heterocycles. The molecule has 2 heterocycles. The zero-order valence-corrected chi connectivity index (χ0v) is 15.4. The van der Waals surface area contributed by atoms with Crippen LogP contribution in [0.2, 0.25) is 0 Å². The third-order valence-corrected chi connectivity index (χ3v) is 5.83.